The fourth-order valence-electron chi connectivity index (χ4n) is 3.45. The minimum atomic E-state index is 0. The lowest BCUT2D eigenvalue weighted by Gasteiger charge is -2.06. The number of rotatable bonds is 6. The molecule has 2 aromatic heterocycles. The van der Waals surface area contributed by atoms with Crippen LogP contribution in [0.25, 0.3) is 11.5 Å². The van der Waals surface area contributed by atoms with E-state index in [1.54, 1.807) is 0 Å². The van der Waals surface area contributed by atoms with Gasteiger partial charge in [-0.05, 0) is 43.9 Å². The average Bonchev–Trinajstić information content (AvgIpc) is 3.21. The summed E-state index contributed by atoms with van der Waals surface area (Å²) < 4.78 is 4.37. The molecule has 0 fully saturated rings. The zero-order valence-corrected chi connectivity index (χ0v) is 17.0. The molecule has 27 heavy (non-hydrogen) atoms. The topological polar surface area (TPSA) is 47.7 Å². The number of benzene rings is 1. The lowest BCUT2D eigenvalue weighted by Crippen LogP contribution is -2.11. The Morgan fingerprint density at radius 3 is 2.78 bits per heavy atom. The molecule has 0 saturated carbocycles. The third-order valence-corrected chi connectivity index (χ3v) is 4.79. The fraction of sp³-hybridized carbons (Fsp3) is 0.400. The highest BCUT2D eigenvalue weighted by atomic mass is 35.5. The van der Waals surface area contributed by atoms with Crippen LogP contribution in [0.4, 0.5) is 0 Å². The monoisotopic (exact) mass is 407 g/mol. The highest BCUT2D eigenvalue weighted by molar-refractivity contribution is 5.85. The van der Waals surface area contributed by atoms with E-state index in [1.165, 1.54) is 17.7 Å². The van der Waals surface area contributed by atoms with E-state index in [2.05, 4.69) is 62.1 Å². The molecule has 4 rings (SSSR count). The van der Waals surface area contributed by atoms with Crippen LogP contribution in [0, 0.1) is 0 Å². The number of fused-ring (bicyclic) bond motifs is 1. The van der Waals surface area contributed by atoms with Gasteiger partial charge >= 0.3 is 0 Å². The molecule has 0 atom stereocenters. The molecule has 3 heterocycles. The normalized spacial score (nSPS) is 13.2. The van der Waals surface area contributed by atoms with E-state index in [0.717, 1.165) is 57.0 Å². The summed E-state index contributed by atoms with van der Waals surface area (Å²) in [6, 6.07) is 12.9. The Morgan fingerprint density at radius 2 is 1.93 bits per heavy atom. The second-order valence-electron chi connectivity index (χ2n) is 6.66. The van der Waals surface area contributed by atoms with Crippen molar-refractivity contribution in [2.75, 3.05) is 6.54 Å². The van der Waals surface area contributed by atoms with Gasteiger partial charge in [-0.1, -0.05) is 30.3 Å². The van der Waals surface area contributed by atoms with Crippen LogP contribution in [-0.4, -0.2) is 25.9 Å². The number of nitrogens with zero attached hydrogens (tertiary/aromatic N) is 4. The van der Waals surface area contributed by atoms with Gasteiger partial charge in [-0.2, -0.15) is 5.10 Å². The maximum Gasteiger partial charge on any atom is 0.160 e. The minimum Gasteiger partial charge on any atom is -0.330 e. The standard InChI is InChI=1S/C20H25N5.2ClH/c1-2-7-17(8-3-1)9-4-5-12-24-14-11-22-20(24)19-15-18-16-21-10-6-13-25(18)23-19;;/h1-3,7-8,11,14-15,21H,4-6,9-10,12-13,16H2;2*1H. The van der Waals surface area contributed by atoms with E-state index >= 15 is 0 Å². The molecule has 0 bridgehead atoms. The third kappa shape index (κ3) is 5.34. The van der Waals surface area contributed by atoms with E-state index in [1.807, 2.05) is 6.20 Å². The first-order chi connectivity index (χ1) is 12.4. The van der Waals surface area contributed by atoms with Crippen LogP contribution in [-0.2, 0) is 26.1 Å². The maximum absolute atomic E-state index is 4.78. The summed E-state index contributed by atoms with van der Waals surface area (Å²) in [5.41, 5.74) is 3.66. The van der Waals surface area contributed by atoms with E-state index in [4.69, 9.17) is 5.10 Å². The summed E-state index contributed by atoms with van der Waals surface area (Å²) >= 11 is 0. The zero-order valence-electron chi connectivity index (χ0n) is 15.4. The van der Waals surface area contributed by atoms with Gasteiger partial charge in [0.2, 0.25) is 0 Å². The van der Waals surface area contributed by atoms with Gasteiger partial charge in [0.05, 0.1) is 5.69 Å². The van der Waals surface area contributed by atoms with Gasteiger partial charge in [-0.15, -0.1) is 24.8 Å². The summed E-state index contributed by atoms with van der Waals surface area (Å²) in [5, 5.41) is 8.23. The molecule has 5 nitrogen and oxygen atoms in total. The first-order valence-corrected chi connectivity index (χ1v) is 9.23. The number of aromatic nitrogens is 4. The summed E-state index contributed by atoms with van der Waals surface area (Å²) in [5.74, 6) is 0.986. The summed E-state index contributed by atoms with van der Waals surface area (Å²) in [6.45, 7) is 3.93. The smallest absolute Gasteiger partial charge is 0.160 e. The van der Waals surface area contributed by atoms with Crippen molar-refractivity contribution in [3.8, 4) is 11.5 Å². The van der Waals surface area contributed by atoms with Crippen LogP contribution in [0.15, 0.2) is 48.8 Å². The van der Waals surface area contributed by atoms with Crippen molar-refractivity contribution in [3.05, 3.63) is 60.0 Å². The van der Waals surface area contributed by atoms with Gasteiger partial charge in [-0.3, -0.25) is 4.68 Å². The quantitative estimate of drug-likeness (QED) is 0.625. The maximum atomic E-state index is 4.78. The van der Waals surface area contributed by atoms with Crippen molar-refractivity contribution in [2.24, 2.45) is 0 Å². The van der Waals surface area contributed by atoms with Crippen molar-refractivity contribution in [2.45, 2.75) is 45.3 Å². The third-order valence-electron chi connectivity index (χ3n) is 4.79. The molecular weight excluding hydrogens is 381 g/mol. The molecule has 0 saturated heterocycles. The van der Waals surface area contributed by atoms with Gasteiger partial charge in [0.25, 0.3) is 0 Å². The van der Waals surface area contributed by atoms with Crippen molar-refractivity contribution < 1.29 is 0 Å². The molecular formula is C20H27Cl2N5. The number of imidazole rings is 1. The molecule has 1 aliphatic rings. The largest absolute Gasteiger partial charge is 0.330 e. The van der Waals surface area contributed by atoms with Crippen molar-refractivity contribution >= 4 is 24.8 Å². The summed E-state index contributed by atoms with van der Waals surface area (Å²) in [7, 11) is 0. The SMILES string of the molecule is Cl.Cl.c1ccc(CCCCn2ccnc2-c2cc3n(n2)CCCNC3)cc1. The molecule has 0 aliphatic carbocycles. The van der Waals surface area contributed by atoms with Crippen molar-refractivity contribution in [1.82, 2.24) is 24.6 Å². The molecule has 146 valence electrons. The van der Waals surface area contributed by atoms with Crippen LogP contribution in [0.1, 0.15) is 30.5 Å². The summed E-state index contributed by atoms with van der Waals surface area (Å²) in [6.07, 6.45) is 8.55. The second-order valence-corrected chi connectivity index (χ2v) is 6.66. The van der Waals surface area contributed by atoms with Crippen molar-refractivity contribution in [3.63, 3.8) is 0 Å². The van der Waals surface area contributed by atoms with Gasteiger partial charge < -0.3 is 9.88 Å². The molecule has 1 aliphatic heterocycles. The van der Waals surface area contributed by atoms with Crippen LogP contribution in [0.5, 0.6) is 0 Å². The highest BCUT2D eigenvalue weighted by Crippen LogP contribution is 2.19. The number of nitrogens with one attached hydrogen (secondary N) is 1. The predicted molar refractivity (Wildman–Crippen MR) is 114 cm³/mol. The number of hydrogen-bond acceptors (Lipinski definition) is 3. The van der Waals surface area contributed by atoms with E-state index in [9.17, 15) is 0 Å². The minimum absolute atomic E-state index is 0. The Morgan fingerprint density at radius 1 is 1.07 bits per heavy atom. The molecule has 0 unspecified atom stereocenters. The Kier molecular flexibility index (Phi) is 8.35. The zero-order chi connectivity index (χ0) is 16.9. The molecule has 7 heteroatoms. The van der Waals surface area contributed by atoms with Crippen LogP contribution >= 0.6 is 24.8 Å². The fourth-order valence-corrected chi connectivity index (χ4v) is 3.45. The first kappa shape index (κ1) is 21.5. The van der Waals surface area contributed by atoms with Gasteiger partial charge in [0.1, 0.15) is 5.69 Å². The number of aryl methyl sites for hydroxylation is 3. The average molecular weight is 408 g/mol. The van der Waals surface area contributed by atoms with Gasteiger partial charge in [0.15, 0.2) is 5.82 Å². The lowest BCUT2D eigenvalue weighted by atomic mass is 10.1. The molecule has 3 aromatic rings. The van der Waals surface area contributed by atoms with E-state index in [-0.39, 0.29) is 24.8 Å². The number of halogens is 2. The highest BCUT2D eigenvalue weighted by Gasteiger charge is 2.15. The van der Waals surface area contributed by atoms with Crippen LogP contribution < -0.4 is 5.32 Å². The molecule has 1 N–H and O–H groups in total. The Bertz CT molecular complexity index is 789. The van der Waals surface area contributed by atoms with Gasteiger partial charge in [-0.25, -0.2) is 4.98 Å². The van der Waals surface area contributed by atoms with E-state index in [0.29, 0.717) is 0 Å². The Balaban J connectivity index is 0.00000131. The first-order valence-electron chi connectivity index (χ1n) is 9.23. The Labute approximate surface area is 173 Å². The predicted octanol–water partition coefficient (Wildman–Crippen LogP) is 4.11. The van der Waals surface area contributed by atoms with E-state index < -0.39 is 0 Å². The molecule has 1 aromatic carbocycles. The molecule has 0 amide bonds. The molecule has 0 spiro atoms. The Hall–Kier alpha value is -1.82. The summed E-state index contributed by atoms with van der Waals surface area (Å²) in [4.78, 5) is 4.56. The van der Waals surface area contributed by atoms with Crippen LogP contribution in [0.2, 0.25) is 0 Å². The second kappa shape index (κ2) is 10.5. The molecule has 0 radical (unpaired) electrons. The van der Waals surface area contributed by atoms with Gasteiger partial charge in [0, 0.05) is 32.0 Å². The van der Waals surface area contributed by atoms with Crippen molar-refractivity contribution in [1.29, 1.82) is 0 Å². The van der Waals surface area contributed by atoms with Crippen LogP contribution in [0.3, 0.4) is 0 Å². The number of hydrogen-bond donors (Lipinski definition) is 1. The lowest BCUT2D eigenvalue weighted by molar-refractivity contribution is 0.584. The number of unbranched alkanes of at least 4 members (excludes halogenated alkanes) is 1.